The van der Waals surface area contributed by atoms with Crippen LogP contribution in [0.5, 0.6) is 5.75 Å². The molecule has 0 aliphatic rings. The minimum absolute atomic E-state index is 0.186. The van der Waals surface area contributed by atoms with Crippen molar-refractivity contribution in [1.82, 2.24) is 0 Å². The molecule has 2 rings (SSSR count). The van der Waals surface area contributed by atoms with Crippen LogP contribution in [0, 0.1) is 6.57 Å². The zero-order valence-corrected chi connectivity index (χ0v) is 12.8. The van der Waals surface area contributed by atoms with E-state index in [2.05, 4.69) is 30.8 Å². The molecule has 0 N–H and O–H groups in total. The standard InChI is InChI=1S/C19H21NO/c1-14(2)17-10-11-19(18(12-17)15(3)20-4)21-13-16-8-6-5-7-9-16/h5-12,14-15H,13H2,1-3H3. The van der Waals surface area contributed by atoms with Gasteiger partial charge in [0.05, 0.1) is 5.56 Å². The van der Waals surface area contributed by atoms with Gasteiger partial charge in [-0.05, 0) is 29.2 Å². The molecular formula is C19H21NO. The Morgan fingerprint density at radius 2 is 1.76 bits per heavy atom. The lowest BCUT2D eigenvalue weighted by Crippen LogP contribution is -2.01. The van der Waals surface area contributed by atoms with Crippen molar-refractivity contribution < 1.29 is 4.74 Å². The Labute approximate surface area is 127 Å². The van der Waals surface area contributed by atoms with E-state index in [0.717, 1.165) is 16.9 Å². The first-order valence-electron chi connectivity index (χ1n) is 7.29. The third-order valence-electron chi connectivity index (χ3n) is 3.58. The number of hydrogen-bond acceptors (Lipinski definition) is 1. The zero-order valence-electron chi connectivity index (χ0n) is 12.8. The van der Waals surface area contributed by atoms with Gasteiger partial charge in [-0.15, -0.1) is 0 Å². The van der Waals surface area contributed by atoms with Gasteiger partial charge in [0.25, 0.3) is 0 Å². The van der Waals surface area contributed by atoms with Gasteiger partial charge in [-0.1, -0.05) is 50.2 Å². The SMILES string of the molecule is [C-]#[N+]C(C)c1cc(C(C)C)ccc1OCc1ccccc1. The van der Waals surface area contributed by atoms with Crippen molar-refractivity contribution in [3.05, 3.63) is 76.6 Å². The molecule has 1 atom stereocenters. The van der Waals surface area contributed by atoms with E-state index >= 15 is 0 Å². The highest BCUT2D eigenvalue weighted by Gasteiger charge is 2.17. The Balaban J connectivity index is 2.24. The summed E-state index contributed by atoms with van der Waals surface area (Å²) < 4.78 is 5.94. The number of nitrogens with zero attached hydrogens (tertiary/aromatic N) is 1. The fourth-order valence-electron chi connectivity index (χ4n) is 2.19. The van der Waals surface area contributed by atoms with Crippen molar-refractivity contribution >= 4 is 0 Å². The van der Waals surface area contributed by atoms with Crippen LogP contribution in [0.4, 0.5) is 0 Å². The minimum Gasteiger partial charge on any atom is -0.488 e. The number of rotatable bonds is 5. The van der Waals surface area contributed by atoms with Crippen molar-refractivity contribution in [2.24, 2.45) is 0 Å². The van der Waals surface area contributed by atoms with Crippen molar-refractivity contribution in [3.63, 3.8) is 0 Å². The average Bonchev–Trinajstić information content (AvgIpc) is 2.52. The van der Waals surface area contributed by atoms with Crippen molar-refractivity contribution in [3.8, 4) is 5.75 Å². The van der Waals surface area contributed by atoms with E-state index in [9.17, 15) is 0 Å². The van der Waals surface area contributed by atoms with Gasteiger partial charge in [0.2, 0.25) is 6.04 Å². The van der Waals surface area contributed by atoms with E-state index in [1.807, 2.05) is 43.3 Å². The van der Waals surface area contributed by atoms with Crippen molar-refractivity contribution in [1.29, 1.82) is 0 Å². The molecule has 2 aromatic rings. The molecule has 0 aliphatic carbocycles. The summed E-state index contributed by atoms with van der Waals surface area (Å²) in [5.74, 6) is 1.26. The largest absolute Gasteiger partial charge is 0.488 e. The highest BCUT2D eigenvalue weighted by atomic mass is 16.5. The maximum absolute atomic E-state index is 7.29. The van der Waals surface area contributed by atoms with E-state index in [1.165, 1.54) is 5.56 Å². The molecule has 108 valence electrons. The number of ether oxygens (including phenoxy) is 1. The van der Waals surface area contributed by atoms with Crippen LogP contribution >= 0.6 is 0 Å². The molecule has 0 saturated carbocycles. The molecule has 0 heterocycles. The molecule has 0 radical (unpaired) electrons. The summed E-state index contributed by atoms with van der Waals surface area (Å²) in [6.07, 6.45) is 0. The number of hydrogen-bond donors (Lipinski definition) is 0. The van der Waals surface area contributed by atoms with Gasteiger partial charge in [0, 0.05) is 6.92 Å². The minimum atomic E-state index is -0.186. The fraction of sp³-hybridized carbons (Fsp3) is 0.316. The molecule has 2 aromatic carbocycles. The molecular weight excluding hydrogens is 258 g/mol. The fourth-order valence-corrected chi connectivity index (χ4v) is 2.19. The number of benzene rings is 2. The van der Waals surface area contributed by atoms with E-state index in [-0.39, 0.29) is 6.04 Å². The van der Waals surface area contributed by atoms with Gasteiger partial charge < -0.3 is 9.58 Å². The van der Waals surface area contributed by atoms with Crippen LogP contribution in [-0.4, -0.2) is 0 Å². The molecule has 21 heavy (non-hydrogen) atoms. The van der Waals surface area contributed by atoms with Crippen LogP contribution in [0.25, 0.3) is 4.85 Å². The van der Waals surface area contributed by atoms with Crippen LogP contribution in [0.1, 0.15) is 49.4 Å². The predicted octanol–water partition coefficient (Wildman–Crippen LogP) is 5.37. The van der Waals surface area contributed by atoms with Gasteiger partial charge in [-0.3, -0.25) is 0 Å². The lowest BCUT2D eigenvalue weighted by atomic mass is 9.97. The second-order valence-electron chi connectivity index (χ2n) is 5.53. The maximum Gasteiger partial charge on any atom is 0.249 e. The second-order valence-corrected chi connectivity index (χ2v) is 5.53. The lowest BCUT2D eigenvalue weighted by molar-refractivity contribution is 0.302. The van der Waals surface area contributed by atoms with Gasteiger partial charge >= 0.3 is 0 Å². The average molecular weight is 279 g/mol. The Morgan fingerprint density at radius 3 is 2.38 bits per heavy atom. The Bertz CT molecular complexity index is 626. The van der Waals surface area contributed by atoms with E-state index in [0.29, 0.717) is 12.5 Å². The first-order valence-corrected chi connectivity index (χ1v) is 7.29. The van der Waals surface area contributed by atoms with Gasteiger partial charge in [-0.2, -0.15) is 0 Å². The normalized spacial score (nSPS) is 12.0. The molecule has 2 heteroatoms. The Kier molecular flexibility index (Phi) is 5.00. The first kappa shape index (κ1) is 15.1. The summed E-state index contributed by atoms with van der Waals surface area (Å²) in [7, 11) is 0. The predicted molar refractivity (Wildman–Crippen MR) is 86.3 cm³/mol. The summed E-state index contributed by atoms with van der Waals surface area (Å²) in [5, 5.41) is 0. The van der Waals surface area contributed by atoms with Crippen LogP contribution in [0.3, 0.4) is 0 Å². The monoisotopic (exact) mass is 279 g/mol. The molecule has 0 bridgehead atoms. The zero-order chi connectivity index (χ0) is 15.2. The lowest BCUT2D eigenvalue weighted by Gasteiger charge is -2.14. The molecule has 2 nitrogen and oxygen atoms in total. The summed E-state index contributed by atoms with van der Waals surface area (Å²) in [4.78, 5) is 3.64. The van der Waals surface area contributed by atoms with Gasteiger partial charge in [0.15, 0.2) is 0 Å². The van der Waals surface area contributed by atoms with E-state index < -0.39 is 0 Å². The van der Waals surface area contributed by atoms with Crippen LogP contribution in [-0.2, 0) is 6.61 Å². The molecule has 0 fully saturated rings. The quantitative estimate of drug-likeness (QED) is 0.671. The second kappa shape index (κ2) is 6.95. The van der Waals surface area contributed by atoms with Crippen LogP contribution in [0.15, 0.2) is 48.5 Å². The topological polar surface area (TPSA) is 13.6 Å². The third kappa shape index (κ3) is 3.86. The molecule has 1 unspecified atom stereocenters. The van der Waals surface area contributed by atoms with Crippen LogP contribution < -0.4 is 4.74 Å². The molecule has 0 saturated heterocycles. The summed E-state index contributed by atoms with van der Waals surface area (Å²) in [5.41, 5.74) is 3.35. The summed E-state index contributed by atoms with van der Waals surface area (Å²) >= 11 is 0. The highest BCUT2D eigenvalue weighted by molar-refractivity contribution is 5.41. The third-order valence-corrected chi connectivity index (χ3v) is 3.58. The van der Waals surface area contributed by atoms with Gasteiger partial charge in [-0.25, -0.2) is 6.57 Å². The van der Waals surface area contributed by atoms with E-state index in [1.54, 1.807) is 0 Å². The molecule has 0 spiro atoms. The first-order chi connectivity index (χ1) is 10.1. The maximum atomic E-state index is 7.29. The van der Waals surface area contributed by atoms with Crippen molar-refractivity contribution in [2.45, 2.75) is 39.3 Å². The smallest absolute Gasteiger partial charge is 0.249 e. The summed E-state index contributed by atoms with van der Waals surface area (Å²) in [6.45, 7) is 14.0. The Morgan fingerprint density at radius 1 is 1.05 bits per heavy atom. The van der Waals surface area contributed by atoms with Crippen molar-refractivity contribution in [2.75, 3.05) is 0 Å². The molecule has 0 aromatic heterocycles. The molecule has 0 amide bonds. The van der Waals surface area contributed by atoms with Crippen LogP contribution in [0.2, 0.25) is 0 Å². The summed E-state index contributed by atoms with van der Waals surface area (Å²) in [6, 6.07) is 16.1. The Hall–Kier alpha value is -2.27. The van der Waals surface area contributed by atoms with E-state index in [4.69, 9.17) is 11.3 Å². The molecule has 0 aliphatic heterocycles. The van der Waals surface area contributed by atoms with Gasteiger partial charge in [0.1, 0.15) is 12.4 Å². The highest BCUT2D eigenvalue weighted by Crippen LogP contribution is 2.31.